The summed E-state index contributed by atoms with van der Waals surface area (Å²) in [5.74, 6) is -0.551. The first kappa shape index (κ1) is 15.4. The Balaban J connectivity index is 2.01. The van der Waals surface area contributed by atoms with E-state index in [1.165, 1.54) is 12.1 Å². The Morgan fingerprint density at radius 3 is 3.05 bits per heavy atom. The molecule has 1 aliphatic rings. The number of halogens is 2. The lowest BCUT2D eigenvalue weighted by Crippen LogP contribution is -2.46. The highest BCUT2D eigenvalue weighted by Gasteiger charge is 2.27. The average Bonchev–Trinajstić information content (AvgIpc) is 2.43. The number of rotatable bonds is 5. The van der Waals surface area contributed by atoms with E-state index in [2.05, 4.69) is 11.8 Å². The van der Waals surface area contributed by atoms with Gasteiger partial charge in [-0.2, -0.15) is 0 Å². The van der Waals surface area contributed by atoms with E-state index in [0.29, 0.717) is 18.2 Å². The van der Waals surface area contributed by atoms with Gasteiger partial charge in [0.15, 0.2) is 5.78 Å². The molecule has 2 rings (SSSR count). The highest BCUT2D eigenvalue weighted by molar-refractivity contribution is 6.31. The summed E-state index contributed by atoms with van der Waals surface area (Å²) in [4.78, 5) is 14.4. The second-order valence-electron chi connectivity index (χ2n) is 5.00. The van der Waals surface area contributed by atoms with Crippen molar-refractivity contribution in [1.82, 2.24) is 4.90 Å². The average molecular weight is 300 g/mol. The van der Waals surface area contributed by atoms with Gasteiger partial charge in [0, 0.05) is 30.1 Å². The normalized spacial score (nSPS) is 20.1. The van der Waals surface area contributed by atoms with Crippen LogP contribution >= 0.6 is 11.6 Å². The maximum absolute atomic E-state index is 13.7. The summed E-state index contributed by atoms with van der Waals surface area (Å²) < 4.78 is 19.2. The first-order valence-corrected chi connectivity index (χ1v) is 7.29. The maximum Gasteiger partial charge on any atom is 0.167 e. The molecule has 1 fully saturated rings. The Bertz CT molecular complexity index is 459. The van der Waals surface area contributed by atoms with Crippen molar-refractivity contribution in [3.63, 3.8) is 0 Å². The molecule has 1 aliphatic heterocycles. The predicted octanol–water partition coefficient (Wildman–Crippen LogP) is 2.70. The zero-order chi connectivity index (χ0) is 14.5. The van der Waals surface area contributed by atoms with E-state index in [0.717, 1.165) is 19.5 Å². The second kappa shape index (κ2) is 7.16. The zero-order valence-corrected chi connectivity index (χ0v) is 12.3. The number of hydrogen-bond donors (Lipinski definition) is 0. The molecule has 20 heavy (non-hydrogen) atoms. The fourth-order valence-corrected chi connectivity index (χ4v) is 2.64. The molecule has 0 amide bonds. The first-order valence-electron chi connectivity index (χ1n) is 6.91. The summed E-state index contributed by atoms with van der Waals surface area (Å²) >= 11 is 5.95. The second-order valence-corrected chi connectivity index (χ2v) is 5.41. The molecule has 1 unspecified atom stereocenters. The van der Waals surface area contributed by atoms with Crippen LogP contribution in [0.4, 0.5) is 4.39 Å². The van der Waals surface area contributed by atoms with Crippen molar-refractivity contribution in [3.05, 3.63) is 34.6 Å². The highest BCUT2D eigenvalue weighted by atomic mass is 35.5. The summed E-state index contributed by atoms with van der Waals surface area (Å²) in [7, 11) is 0. The molecule has 0 N–H and O–H groups in total. The number of hydrogen-bond acceptors (Lipinski definition) is 3. The maximum atomic E-state index is 13.7. The topological polar surface area (TPSA) is 29.5 Å². The number of ketones is 1. The molecule has 3 nitrogen and oxygen atoms in total. The van der Waals surface area contributed by atoms with E-state index >= 15 is 0 Å². The van der Waals surface area contributed by atoms with Crippen molar-refractivity contribution in [2.24, 2.45) is 0 Å². The van der Waals surface area contributed by atoms with Gasteiger partial charge in [-0.05, 0) is 25.1 Å². The Hall–Kier alpha value is -0.970. The van der Waals surface area contributed by atoms with Crippen molar-refractivity contribution in [1.29, 1.82) is 0 Å². The summed E-state index contributed by atoms with van der Waals surface area (Å²) in [6.07, 6.45) is 0.543. The lowest BCUT2D eigenvalue weighted by molar-refractivity contribution is -0.135. The molecule has 1 heterocycles. The van der Waals surface area contributed by atoms with Crippen LogP contribution in [0.25, 0.3) is 0 Å². The molecule has 0 aliphatic carbocycles. The number of carbonyl (C=O) groups is 1. The van der Waals surface area contributed by atoms with Crippen LogP contribution in [0.2, 0.25) is 5.02 Å². The van der Waals surface area contributed by atoms with Crippen LogP contribution in [-0.2, 0) is 16.0 Å². The molecule has 1 aromatic rings. The van der Waals surface area contributed by atoms with Gasteiger partial charge in [0.05, 0.1) is 6.61 Å². The van der Waals surface area contributed by atoms with E-state index in [1.807, 2.05) is 0 Å². The van der Waals surface area contributed by atoms with Crippen LogP contribution in [-0.4, -0.2) is 43.0 Å². The van der Waals surface area contributed by atoms with Crippen LogP contribution < -0.4 is 0 Å². The lowest BCUT2D eigenvalue weighted by atomic mass is 10.0. The lowest BCUT2D eigenvalue weighted by Gasteiger charge is -2.31. The molecule has 5 heteroatoms. The van der Waals surface area contributed by atoms with Gasteiger partial charge in [-0.3, -0.25) is 9.69 Å². The van der Waals surface area contributed by atoms with Gasteiger partial charge < -0.3 is 4.74 Å². The Kier molecular flexibility index (Phi) is 5.52. The standard InChI is InChI=1S/C15H19ClFNO2/c1-2-6-18-7-8-20-15(10-18)14(19)9-11-12(16)4-3-5-13(11)17/h3-5,15H,2,6-10H2,1H3. The minimum atomic E-state index is -0.481. The SMILES string of the molecule is CCCN1CCOC(C(=O)Cc2c(F)cccc2Cl)C1. The number of morpholine rings is 1. The van der Waals surface area contributed by atoms with Crippen molar-refractivity contribution in [2.75, 3.05) is 26.2 Å². The smallest absolute Gasteiger partial charge is 0.167 e. The summed E-state index contributed by atoms with van der Waals surface area (Å²) in [5.41, 5.74) is 0.260. The van der Waals surface area contributed by atoms with Crippen molar-refractivity contribution in [3.8, 4) is 0 Å². The van der Waals surface area contributed by atoms with Gasteiger partial charge in [0.1, 0.15) is 11.9 Å². The number of benzene rings is 1. The molecule has 110 valence electrons. The van der Waals surface area contributed by atoms with Crippen LogP contribution in [0.5, 0.6) is 0 Å². The van der Waals surface area contributed by atoms with E-state index in [-0.39, 0.29) is 17.8 Å². The third-order valence-corrected chi connectivity index (χ3v) is 3.82. The Labute approximate surface area is 123 Å². The van der Waals surface area contributed by atoms with E-state index < -0.39 is 11.9 Å². The van der Waals surface area contributed by atoms with Crippen molar-refractivity contribution in [2.45, 2.75) is 25.9 Å². The van der Waals surface area contributed by atoms with Crippen LogP contribution in [0, 0.1) is 5.82 Å². The van der Waals surface area contributed by atoms with Crippen LogP contribution in [0.15, 0.2) is 18.2 Å². The Morgan fingerprint density at radius 2 is 2.35 bits per heavy atom. The van der Waals surface area contributed by atoms with E-state index in [9.17, 15) is 9.18 Å². The molecular formula is C15H19ClFNO2. The minimum absolute atomic E-state index is 0.0177. The molecule has 1 saturated heterocycles. The quantitative estimate of drug-likeness (QED) is 0.837. The third-order valence-electron chi connectivity index (χ3n) is 3.46. The minimum Gasteiger partial charge on any atom is -0.368 e. The van der Waals surface area contributed by atoms with Crippen molar-refractivity contribution < 1.29 is 13.9 Å². The van der Waals surface area contributed by atoms with Gasteiger partial charge in [0.25, 0.3) is 0 Å². The molecule has 1 aromatic carbocycles. The molecular weight excluding hydrogens is 281 g/mol. The first-order chi connectivity index (χ1) is 9.61. The third kappa shape index (κ3) is 3.78. The van der Waals surface area contributed by atoms with E-state index in [4.69, 9.17) is 16.3 Å². The molecule has 0 aromatic heterocycles. The molecule has 0 spiro atoms. The van der Waals surface area contributed by atoms with Gasteiger partial charge in [-0.25, -0.2) is 4.39 Å². The van der Waals surface area contributed by atoms with Crippen LogP contribution in [0.1, 0.15) is 18.9 Å². The monoisotopic (exact) mass is 299 g/mol. The predicted molar refractivity (Wildman–Crippen MR) is 76.6 cm³/mol. The molecule has 0 radical (unpaired) electrons. The van der Waals surface area contributed by atoms with Crippen LogP contribution in [0.3, 0.4) is 0 Å². The summed E-state index contributed by atoms with van der Waals surface area (Å²) in [6.45, 7) is 5.03. The zero-order valence-electron chi connectivity index (χ0n) is 11.6. The largest absolute Gasteiger partial charge is 0.368 e. The van der Waals surface area contributed by atoms with Gasteiger partial charge in [0.2, 0.25) is 0 Å². The fraction of sp³-hybridized carbons (Fsp3) is 0.533. The summed E-state index contributed by atoms with van der Waals surface area (Å²) in [6, 6.07) is 4.45. The Morgan fingerprint density at radius 1 is 1.55 bits per heavy atom. The van der Waals surface area contributed by atoms with Gasteiger partial charge in [-0.15, -0.1) is 0 Å². The molecule has 1 atom stereocenters. The summed E-state index contributed by atoms with van der Waals surface area (Å²) in [5, 5.41) is 0.291. The molecule has 0 bridgehead atoms. The fourth-order valence-electron chi connectivity index (χ4n) is 2.41. The molecule has 0 saturated carbocycles. The number of ether oxygens (including phenoxy) is 1. The number of carbonyl (C=O) groups excluding carboxylic acids is 1. The highest BCUT2D eigenvalue weighted by Crippen LogP contribution is 2.21. The van der Waals surface area contributed by atoms with Gasteiger partial charge >= 0.3 is 0 Å². The number of Topliss-reactive ketones (excluding diaryl/α,β-unsaturated/α-hetero) is 1. The van der Waals surface area contributed by atoms with Crippen molar-refractivity contribution >= 4 is 17.4 Å². The van der Waals surface area contributed by atoms with E-state index in [1.54, 1.807) is 6.07 Å². The van der Waals surface area contributed by atoms with Gasteiger partial charge in [-0.1, -0.05) is 24.6 Å². The number of nitrogens with zero attached hydrogens (tertiary/aromatic N) is 1.